The summed E-state index contributed by atoms with van der Waals surface area (Å²) in [5.74, 6) is -0.612. The van der Waals surface area contributed by atoms with Crippen LogP contribution in [0.2, 0.25) is 0 Å². The van der Waals surface area contributed by atoms with Gasteiger partial charge in [-0.25, -0.2) is 4.79 Å². The van der Waals surface area contributed by atoms with Gasteiger partial charge in [0.2, 0.25) is 0 Å². The predicted molar refractivity (Wildman–Crippen MR) is 83.2 cm³/mol. The van der Waals surface area contributed by atoms with E-state index in [4.69, 9.17) is 4.74 Å². The van der Waals surface area contributed by atoms with E-state index in [9.17, 15) is 32.6 Å². The summed E-state index contributed by atoms with van der Waals surface area (Å²) in [6.07, 6.45) is -12.6. The second-order valence-electron chi connectivity index (χ2n) is 6.43. The van der Waals surface area contributed by atoms with Crippen molar-refractivity contribution >= 4 is 6.09 Å². The molecule has 1 amide bonds. The molecule has 1 aromatic rings. The third kappa shape index (κ3) is 7.04. The van der Waals surface area contributed by atoms with Crippen molar-refractivity contribution in [3.63, 3.8) is 0 Å². The Morgan fingerprint density at radius 2 is 1.85 bits per heavy atom. The van der Waals surface area contributed by atoms with Crippen molar-refractivity contribution in [2.45, 2.75) is 51.1 Å². The summed E-state index contributed by atoms with van der Waals surface area (Å²) in [5.41, 5.74) is -0.819. The van der Waals surface area contributed by atoms with E-state index < -0.39 is 48.7 Å². The van der Waals surface area contributed by atoms with Crippen LogP contribution >= 0.6 is 0 Å². The molecule has 10 heteroatoms. The van der Waals surface area contributed by atoms with Crippen LogP contribution in [0.3, 0.4) is 0 Å². The van der Waals surface area contributed by atoms with Crippen LogP contribution in [-0.4, -0.2) is 47.1 Å². The number of carbonyl (C=O) groups is 1. The molecule has 0 bridgehead atoms. The minimum absolute atomic E-state index is 0.0638. The Hall–Kier alpha value is -2.07. The van der Waals surface area contributed by atoms with E-state index in [1.54, 1.807) is 20.8 Å². The monoisotopic (exact) mass is 383 g/mol. The first-order valence-electron chi connectivity index (χ1n) is 7.60. The fraction of sp³-hybridized carbons (Fsp3) is 0.562. The van der Waals surface area contributed by atoms with Crippen LogP contribution < -0.4 is 10.1 Å². The van der Waals surface area contributed by atoms with E-state index in [-0.39, 0.29) is 5.56 Å². The van der Waals surface area contributed by atoms with Gasteiger partial charge in [0.15, 0.2) is 0 Å². The quantitative estimate of drug-likeness (QED) is 0.631. The number of nitrogens with one attached hydrogen (secondary N) is 1. The number of benzene rings is 1. The Bertz CT molecular complexity index is 607. The molecule has 26 heavy (non-hydrogen) atoms. The molecular formula is C16H21F4NO5. The molecule has 0 heterocycles. The maximum absolute atomic E-state index is 12.9. The SMILES string of the molecule is CC(C)(C)OC(=O)NCC(O)C(O)c1cccc(OC(F)(F)C(F)F)c1. The molecule has 0 fully saturated rings. The van der Waals surface area contributed by atoms with Gasteiger partial charge in [-0.05, 0) is 38.5 Å². The molecule has 148 valence electrons. The molecule has 0 saturated carbocycles. The van der Waals surface area contributed by atoms with Crippen LogP contribution in [0.25, 0.3) is 0 Å². The first-order valence-corrected chi connectivity index (χ1v) is 7.60. The number of rotatable bonds is 7. The summed E-state index contributed by atoms with van der Waals surface area (Å²) in [5, 5.41) is 22.2. The highest BCUT2D eigenvalue weighted by Gasteiger charge is 2.44. The molecule has 0 aliphatic carbocycles. The van der Waals surface area contributed by atoms with Crippen molar-refractivity contribution in [1.82, 2.24) is 5.32 Å². The van der Waals surface area contributed by atoms with Crippen LogP contribution in [0.1, 0.15) is 32.4 Å². The smallest absolute Gasteiger partial charge is 0.444 e. The number of amides is 1. The Kier molecular flexibility index (Phi) is 7.22. The number of carbonyl (C=O) groups excluding carboxylic acids is 1. The van der Waals surface area contributed by atoms with Crippen LogP contribution in [0.15, 0.2) is 24.3 Å². The summed E-state index contributed by atoms with van der Waals surface area (Å²) in [6, 6.07) is 4.34. The van der Waals surface area contributed by atoms with E-state index in [0.717, 1.165) is 12.1 Å². The van der Waals surface area contributed by atoms with Gasteiger partial charge in [0.25, 0.3) is 0 Å². The normalized spacial score (nSPS) is 14.7. The first kappa shape index (κ1) is 22.0. The summed E-state index contributed by atoms with van der Waals surface area (Å²) < 4.78 is 59.0. The number of ether oxygens (including phenoxy) is 2. The molecule has 1 rings (SSSR count). The second-order valence-corrected chi connectivity index (χ2v) is 6.43. The van der Waals surface area contributed by atoms with Crippen molar-refractivity contribution in [1.29, 1.82) is 0 Å². The molecule has 0 aromatic heterocycles. The lowest BCUT2D eigenvalue weighted by Crippen LogP contribution is -2.38. The Morgan fingerprint density at radius 1 is 1.23 bits per heavy atom. The highest BCUT2D eigenvalue weighted by molar-refractivity contribution is 5.67. The predicted octanol–water partition coefficient (Wildman–Crippen LogP) is 2.84. The molecule has 0 saturated heterocycles. The number of aliphatic hydroxyl groups excluding tert-OH is 2. The van der Waals surface area contributed by atoms with Gasteiger partial charge in [-0.1, -0.05) is 12.1 Å². The summed E-state index contributed by atoms with van der Waals surface area (Å²) >= 11 is 0. The van der Waals surface area contributed by atoms with Crippen LogP contribution in [0.5, 0.6) is 5.75 Å². The van der Waals surface area contributed by atoms with Crippen molar-refractivity contribution in [3.05, 3.63) is 29.8 Å². The zero-order valence-electron chi connectivity index (χ0n) is 14.4. The number of alkyl halides is 4. The molecule has 1 aromatic carbocycles. The number of aliphatic hydroxyl groups is 2. The van der Waals surface area contributed by atoms with Crippen molar-refractivity contribution in [2.24, 2.45) is 0 Å². The number of halogens is 4. The standard InChI is InChI=1S/C16H21F4NO5/c1-15(2,3)26-14(24)21-8-11(22)12(23)9-5-4-6-10(7-9)25-16(19,20)13(17)18/h4-7,11-13,22-23H,8H2,1-3H3,(H,21,24). The zero-order chi connectivity index (χ0) is 20.1. The van der Waals surface area contributed by atoms with Gasteiger partial charge >= 0.3 is 18.6 Å². The Balaban J connectivity index is 2.70. The minimum Gasteiger partial charge on any atom is -0.444 e. The lowest BCUT2D eigenvalue weighted by Gasteiger charge is -2.23. The van der Waals surface area contributed by atoms with Gasteiger partial charge in [-0.3, -0.25) is 0 Å². The average molecular weight is 383 g/mol. The van der Waals surface area contributed by atoms with Crippen LogP contribution in [-0.2, 0) is 4.74 Å². The topological polar surface area (TPSA) is 88.0 Å². The van der Waals surface area contributed by atoms with Crippen molar-refractivity contribution in [2.75, 3.05) is 6.54 Å². The molecule has 0 aliphatic rings. The lowest BCUT2D eigenvalue weighted by molar-refractivity contribution is -0.253. The van der Waals surface area contributed by atoms with E-state index in [0.29, 0.717) is 0 Å². The van der Waals surface area contributed by atoms with Gasteiger partial charge in [-0.2, -0.15) is 17.6 Å². The molecule has 0 spiro atoms. The lowest BCUT2D eigenvalue weighted by atomic mass is 10.0. The number of hydrogen-bond acceptors (Lipinski definition) is 5. The fourth-order valence-electron chi connectivity index (χ4n) is 1.80. The third-order valence-electron chi connectivity index (χ3n) is 2.93. The van der Waals surface area contributed by atoms with E-state index in [1.807, 2.05) is 0 Å². The molecule has 3 N–H and O–H groups in total. The van der Waals surface area contributed by atoms with Crippen LogP contribution in [0.4, 0.5) is 22.4 Å². The minimum atomic E-state index is -4.69. The highest BCUT2D eigenvalue weighted by Crippen LogP contribution is 2.29. The van der Waals surface area contributed by atoms with Gasteiger partial charge in [0.05, 0.1) is 0 Å². The Morgan fingerprint density at radius 3 is 2.38 bits per heavy atom. The van der Waals surface area contributed by atoms with Gasteiger partial charge in [0, 0.05) is 6.54 Å². The molecule has 0 radical (unpaired) electrons. The largest absolute Gasteiger partial charge is 0.461 e. The van der Waals surface area contributed by atoms with Gasteiger partial charge in [-0.15, -0.1) is 0 Å². The molecule has 2 atom stereocenters. The summed E-state index contributed by atoms with van der Waals surface area (Å²) in [6.45, 7) is 4.52. The second kappa shape index (κ2) is 8.54. The first-order chi connectivity index (χ1) is 11.8. The van der Waals surface area contributed by atoms with E-state index >= 15 is 0 Å². The van der Waals surface area contributed by atoms with Crippen LogP contribution in [0, 0.1) is 0 Å². The molecular weight excluding hydrogens is 362 g/mol. The van der Waals surface area contributed by atoms with Crippen molar-refractivity contribution < 1.29 is 42.0 Å². The third-order valence-corrected chi connectivity index (χ3v) is 2.93. The van der Waals surface area contributed by atoms with Gasteiger partial charge in [0.1, 0.15) is 23.6 Å². The van der Waals surface area contributed by atoms with Gasteiger partial charge < -0.3 is 25.0 Å². The average Bonchev–Trinajstić information content (AvgIpc) is 2.50. The molecule has 6 nitrogen and oxygen atoms in total. The highest BCUT2D eigenvalue weighted by atomic mass is 19.3. The Labute approximate surface area is 147 Å². The number of alkyl carbamates (subject to hydrolysis) is 1. The fourth-order valence-corrected chi connectivity index (χ4v) is 1.80. The maximum atomic E-state index is 12.9. The van der Waals surface area contributed by atoms with Crippen molar-refractivity contribution in [3.8, 4) is 5.75 Å². The zero-order valence-corrected chi connectivity index (χ0v) is 14.4. The maximum Gasteiger partial charge on any atom is 0.461 e. The number of hydrogen-bond donors (Lipinski definition) is 3. The van der Waals surface area contributed by atoms with E-state index in [2.05, 4.69) is 10.1 Å². The molecule has 2 unspecified atom stereocenters. The summed E-state index contributed by atoms with van der Waals surface area (Å²) in [7, 11) is 0. The molecule has 0 aliphatic heterocycles. The van der Waals surface area contributed by atoms with E-state index in [1.165, 1.54) is 12.1 Å². The summed E-state index contributed by atoms with van der Waals surface area (Å²) in [4.78, 5) is 11.5.